The van der Waals surface area contributed by atoms with Crippen molar-refractivity contribution < 1.29 is 18.9 Å². The summed E-state index contributed by atoms with van der Waals surface area (Å²) in [6.07, 6.45) is 34.6. The van der Waals surface area contributed by atoms with E-state index < -0.39 is 14.5 Å². The van der Waals surface area contributed by atoms with E-state index in [1.165, 1.54) is 97.1 Å². The molecule has 7 rings (SSSR count). The topological polar surface area (TPSA) is 94.3 Å². The minimum absolute atomic E-state index is 0.525. The smallest absolute Gasteiger partial charge is 0.143 e. The van der Waals surface area contributed by atoms with Crippen molar-refractivity contribution in [1.82, 2.24) is 19.9 Å². The van der Waals surface area contributed by atoms with Crippen LogP contribution >= 0.6 is 14.5 Å². The molecule has 2 N–H and O–H groups in total. The van der Waals surface area contributed by atoms with Gasteiger partial charge in [0.15, 0.2) is 0 Å². The van der Waals surface area contributed by atoms with Gasteiger partial charge in [0.05, 0.1) is 100 Å². The van der Waals surface area contributed by atoms with Crippen molar-refractivity contribution in [2.45, 2.75) is 200 Å². The van der Waals surface area contributed by atoms with Crippen LogP contribution in [0, 0.1) is 23.7 Å². The van der Waals surface area contributed by atoms with E-state index in [0.29, 0.717) is 50.1 Å². The minimum Gasteiger partial charge on any atom is -0.493 e. The van der Waals surface area contributed by atoms with Crippen LogP contribution in [0.2, 0.25) is 0 Å². The first kappa shape index (κ1) is 68.6. The fourth-order valence-electron chi connectivity index (χ4n) is 12.3. The van der Waals surface area contributed by atoms with Crippen molar-refractivity contribution in [1.29, 1.82) is 0 Å². The molecule has 0 radical (unpaired) electrons. The molecule has 10 heteroatoms. The van der Waals surface area contributed by atoms with Crippen LogP contribution in [0.1, 0.15) is 222 Å². The number of aromatic amines is 2. The number of nitrogens with zero attached hydrogens (tertiary/aromatic N) is 2. The third-order valence-electron chi connectivity index (χ3n) is 17.5. The van der Waals surface area contributed by atoms with Crippen LogP contribution < -0.4 is 29.6 Å². The summed E-state index contributed by atoms with van der Waals surface area (Å²) in [7, 11) is -3.73. The molecule has 2 aromatic carbocycles. The third-order valence-corrected chi connectivity index (χ3v) is 27.3. The Hall–Kier alpha value is -4.90. The van der Waals surface area contributed by atoms with Gasteiger partial charge in [-0.2, -0.15) is 0 Å². The molecule has 0 unspecified atom stereocenters. The zero-order chi connectivity index (χ0) is 61.6. The highest BCUT2D eigenvalue weighted by Gasteiger charge is 2.44. The standard InChI is InChI=1S/C76H114N4O4P2/c1-15-21-43-85(44-22-16-2,45-23-17-3)75-69-31-27-65(77-69)73(59-49-61(81-39-35-55(7)8)53-62(50-59)82-40-36-56(9)10)67-29-33-71(79-67)76(86(46-24-18-4,47-25-19-5)48-26-20-6)72-34-30-68(80-72)74(66-28-32-70(75)78-66)60-51-63(83-41-37-57(11)12)54-64(52-60)84-42-38-58(13)14/h27-34,49-58,77,80H,15-26,35-48H2,1-14H3/q+2. The molecule has 0 saturated carbocycles. The summed E-state index contributed by atoms with van der Waals surface area (Å²) in [6.45, 7) is 34.9. The van der Waals surface area contributed by atoms with Gasteiger partial charge in [-0.25, -0.2) is 9.97 Å². The van der Waals surface area contributed by atoms with E-state index >= 15 is 0 Å². The minimum atomic E-state index is -1.87. The number of hydrogen-bond acceptors (Lipinski definition) is 6. The maximum atomic E-state index is 6.72. The summed E-state index contributed by atoms with van der Waals surface area (Å²) in [5.41, 5.74) is 12.8. The molecule has 0 saturated heterocycles. The molecule has 3 aromatic heterocycles. The van der Waals surface area contributed by atoms with Crippen LogP contribution in [0.3, 0.4) is 0 Å². The van der Waals surface area contributed by atoms with E-state index in [1.54, 1.807) is 0 Å². The highest BCUT2D eigenvalue weighted by Crippen LogP contribution is 2.62. The molecule has 5 aromatic rings. The molecule has 2 aliphatic heterocycles. The second kappa shape index (κ2) is 34.2. The lowest BCUT2D eigenvalue weighted by Crippen LogP contribution is -2.24. The predicted octanol–water partition coefficient (Wildman–Crippen LogP) is 21.8. The summed E-state index contributed by atoms with van der Waals surface area (Å²) in [5, 5.41) is 2.86. The maximum Gasteiger partial charge on any atom is 0.143 e. The van der Waals surface area contributed by atoms with Gasteiger partial charge in [-0.3, -0.25) is 0 Å². The van der Waals surface area contributed by atoms with E-state index in [1.807, 2.05) is 0 Å². The van der Waals surface area contributed by atoms with Crippen LogP contribution in [0.25, 0.3) is 68.6 Å². The Morgan fingerprint density at radius 2 is 0.605 bits per heavy atom. The van der Waals surface area contributed by atoms with Crippen molar-refractivity contribution in [3.05, 3.63) is 83.4 Å². The Bertz CT molecular complexity index is 2830. The van der Waals surface area contributed by atoms with E-state index in [9.17, 15) is 0 Å². The average molecular weight is 1210 g/mol. The Balaban J connectivity index is 1.73. The lowest BCUT2D eigenvalue weighted by molar-refractivity contribution is 0.276. The summed E-state index contributed by atoms with van der Waals surface area (Å²) in [6, 6.07) is 22.7. The lowest BCUT2D eigenvalue weighted by Gasteiger charge is -2.28. The number of fused-ring (bicyclic) bond motifs is 8. The van der Waals surface area contributed by atoms with E-state index in [-0.39, 0.29) is 0 Å². The highest BCUT2D eigenvalue weighted by molar-refractivity contribution is 7.83. The number of ether oxygens (including phenoxy) is 4. The van der Waals surface area contributed by atoms with Gasteiger partial charge in [0.2, 0.25) is 0 Å². The number of H-pyrrole nitrogens is 2. The van der Waals surface area contributed by atoms with Gasteiger partial charge in [0.25, 0.3) is 0 Å². The highest BCUT2D eigenvalue weighted by atomic mass is 31.2. The van der Waals surface area contributed by atoms with Crippen LogP contribution in [0.4, 0.5) is 0 Å². The molecule has 0 amide bonds. The fraction of sp³-hybridized carbons (Fsp3) is 0.579. The summed E-state index contributed by atoms with van der Waals surface area (Å²) >= 11 is 0. The van der Waals surface area contributed by atoms with E-state index in [4.69, 9.17) is 28.9 Å². The normalized spacial score (nSPS) is 12.7. The molecule has 0 fully saturated rings. The maximum absolute atomic E-state index is 6.72. The summed E-state index contributed by atoms with van der Waals surface area (Å²) in [4.78, 5) is 20.6. The second-order valence-electron chi connectivity index (χ2n) is 26.7. The predicted molar refractivity (Wildman–Crippen MR) is 381 cm³/mol. The molecule has 8 nitrogen and oxygen atoms in total. The first-order chi connectivity index (χ1) is 41.6. The molecular weight excluding hydrogens is 1090 g/mol. The van der Waals surface area contributed by atoms with Crippen molar-refractivity contribution in [2.24, 2.45) is 23.7 Å². The molecule has 86 heavy (non-hydrogen) atoms. The number of hydrogen-bond donors (Lipinski definition) is 2. The Morgan fingerprint density at radius 1 is 0.349 bits per heavy atom. The third kappa shape index (κ3) is 18.6. The van der Waals surface area contributed by atoms with E-state index in [0.717, 1.165) is 143 Å². The van der Waals surface area contributed by atoms with Crippen molar-refractivity contribution in [3.8, 4) is 45.3 Å². The van der Waals surface area contributed by atoms with Crippen molar-refractivity contribution in [2.75, 3.05) is 63.4 Å². The number of rotatable bonds is 38. The number of nitrogens with one attached hydrogen (secondary N) is 2. The number of unbranched alkanes of at least 4 members (excludes halogenated alkanes) is 6. The second-order valence-corrected chi connectivity index (χ2v) is 34.9. The van der Waals surface area contributed by atoms with Crippen LogP contribution in [0.5, 0.6) is 23.0 Å². The molecule has 470 valence electrons. The Morgan fingerprint density at radius 3 is 0.860 bits per heavy atom. The molecule has 5 heterocycles. The fourth-order valence-corrected chi connectivity index (χ4v) is 23.0. The van der Waals surface area contributed by atoms with Gasteiger partial charge >= 0.3 is 0 Å². The Labute approximate surface area is 523 Å². The molecule has 2 aliphatic rings. The zero-order valence-corrected chi connectivity index (χ0v) is 58.0. The first-order valence-corrected chi connectivity index (χ1v) is 39.0. The first-order valence-electron chi connectivity index (χ1n) is 34.3. The number of benzene rings is 2. The molecule has 0 atom stereocenters. The molecule has 8 bridgehead atoms. The van der Waals surface area contributed by atoms with Gasteiger partial charge in [0, 0.05) is 34.3 Å². The van der Waals surface area contributed by atoms with Gasteiger partial charge < -0.3 is 28.9 Å². The largest absolute Gasteiger partial charge is 0.493 e. The quantitative estimate of drug-likeness (QED) is 0.0375. The van der Waals surface area contributed by atoms with Crippen molar-refractivity contribution >= 4 is 71.5 Å². The molecular formula is C76H114N4O4P2+2. The number of aromatic nitrogens is 4. The van der Waals surface area contributed by atoms with Gasteiger partial charge in [-0.15, -0.1) is 0 Å². The molecule has 0 spiro atoms. The van der Waals surface area contributed by atoms with E-state index in [2.05, 4.69) is 192 Å². The lowest BCUT2D eigenvalue weighted by atomic mass is 10.0. The van der Waals surface area contributed by atoms with Gasteiger partial charge in [-0.05, 0) is 172 Å². The molecule has 0 aliphatic carbocycles. The summed E-state index contributed by atoms with van der Waals surface area (Å²) in [5.74, 6) is 5.41. The zero-order valence-electron chi connectivity index (χ0n) is 56.2. The average Bonchev–Trinajstić information content (AvgIpc) is 2.37. The van der Waals surface area contributed by atoms with Crippen LogP contribution in [-0.4, -0.2) is 83.3 Å². The van der Waals surface area contributed by atoms with Crippen LogP contribution in [-0.2, 0) is 0 Å². The monoisotopic (exact) mass is 1210 g/mol. The summed E-state index contributed by atoms with van der Waals surface area (Å²) < 4.78 is 26.9. The SMILES string of the molecule is CCCC[P+](CCCC)(CCCC)c1c2nc(c(-c3cc(OCCC(C)C)cc(OCCC(C)C)c3)c3ccc([nH]3)c([P+](CCCC)(CCCC)CCCC)c3nc(c(-c4cc(OCCC(C)C)cc(OCCC(C)C)c4)c4ccc1[nH]4)C=C3)C=C2. The van der Waals surface area contributed by atoms with Crippen molar-refractivity contribution in [3.63, 3.8) is 0 Å². The van der Waals surface area contributed by atoms with Gasteiger partial charge in [0.1, 0.15) is 45.0 Å². The van der Waals surface area contributed by atoms with Crippen LogP contribution in [0.15, 0.2) is 60.7 Å². The Kier molecular flexibility index (Phi) is 27.3. The van der Waals surface area contributed by atoms with Gasteiger partial charge in [-0.1, -0.05) is 135 Å².